The van der Waals surface area contributed by atoms with E-state index in [9.17, 15) is 4.57 Å². The first kappa shape index (κ1) is 80.2. The predicted octanol–water partition coefficient (Wildman–Crippen LogP) is 24.5. The summed E-state index contributed by atoms with van der Waals surface area (Å²) in [5.41, 5.74) is 0. The van der Waals surface area contributed by atoms with Crippen molar-refractivity contribution in [3.05, 3.63) is 0 Å². The number of hydrogen-bond donors (Lipinski definition) is 3. The molecular formula is C60H135O5P. The molecule has 0 spiro atoms. The van der Waals surface area contributed by atoms with Gasteiger partial charge in [-0.2, -0.15) is 0 Å². The Balaban J connectivity index is -0.000000124. The molecule has 6 heteroatoms. The highest BCUT2D eigenvalue weighted by Crippen LogP contribution is 2.33. The molecule has 0 aromatic rings. The second kappa shape index (κ2) is 88.1. The van der Waals surface area contributed by atoms with Crippen LogP contribution in [0.4, 0.5) is 0 Å². The van der Waals surface area contributed by atoms with Gasteiger partial charge in [0.15, 0.2) is 0 Å². The van der Waals surface area contributed by atoms with Crippen LogP contribution in [0.3, 0.4) is 0 Å². The fourth-order valence-corrected chi connectivity index (χ4v) is 7.24. The van der Waals surface area contributed by atoms with Crippen LogP contribution in [0.2, 0.25) is 0 Å². The zero-order valence-corrected chi connectivity index (χ0v) is 49.4. The van der Waals surface area contributed by atoms with Gasteiger partial charge in [0.1, 0.15) is 0 Å². The highest BCUT2D eigenvalue weighted by atomic mass is 31.2. The van der Waals surface area contributed by atoms with Gasteiger partial charge in [0.25, 0.3) is 0 Å². The summed E-state index contributed by atoms with van der Waals surface area (Å²) in [6, 6.07) is 0. The molecule has 0 aromatic heterocycles. The van der Waals surface area contributed by atoms with Crippen molar-refractivity contribution in [3.63, 3.8) is 0 Å². The molecule has 0 rings (SSSR count). The Morgan fingerprint density at radius 1 is 0.212 bits per heavy atom. The van der Waals surface area contributed by atoms with E-state index in [4.69, 9.17) is 15.0 Å². The SMILES string of the molecule is CCCCCCCCCC.CCCCCCCCCC.CCCCCCCCCC.CCCCCCCCCC.CCCCCCCCCC.CCCCCCCCCC.O=P(O)(O)OO. The third kappa shape index (κ3) is 125. The number of hydrogen-bond acceptors (Lipinski definition) is 3. The van der Waals surface area contributed by atoms with Gasteiger partial charge in [-0.05, 0) is 0 Å². The molecule has 0 fully saturated rings. The molecule has 0 radical (unpaired) electrons. The molecule has 0 heterocycles. The van der Waals surface area contributed by atoms with Crippen molar-refractivity contribution in [1.82, 2.24) is 0 Å². The molecule has 0 saturated carbocycles. The van der Waals surface area contributed by atoms with Gasteiger partial charge >= 0.3 is 7.82 Å². The lowest BCUT2D eigenvalue weighted by Crippen LogP contribution is -1.77. The van der Waals surface area contributed by atoms with Gasteiger partial charge in [-0.3, -0.25) is 0 Å². The standard InChI is InChI=1S/6C10H22.H3O5P/c6*1-3-5-7-9-10-8-6-4-2;1-5-6(2,3)4/h6*3-10H2,1-2H3;1H,(H2,2,3,4). The quantitative estimate of drug-likeness (QED) is 0.0245. The fourth-order valence-electron chi connectivity index (χ4n) is 7.24. The van der Waals surface area contributed by atoms with E-state index in [1.54, 1.807) is 0 Å². The zero-order valence-electron chi connectivity index (χ0n) is 48.5. The zero-order chi connectivity index (χ0) is 51.1. The molecule has 66 heavy (non-hydrogen) atoms. The average molecular weight is 968 g/mol. The maximum Gasteiger partial charge on any atom is 0.496 e. The van der Waals surface area contributed by atoms with Crippen LogP contribution in [0.15, 0.2) is 0 Å². The van der Waals surface area contributed by atoms with E-state index in [0.29, 0.717) is 0 Å². The van der Waals surface area contributed by atoms with Crippen LogP contribution in [0.1, 0.15) is 391 Å². The maximum atomic E-state index is 9.22. The minimum absolute atomic E-state index is 1.37. The third-order valence-corrected chi connectivity index (χ3v) is 12.1. The summed E-state index contributed by atoms with van der Waals surface area (Å²) in [6.45, 7) is 27.2. The van der Waals surface area contributed by atoms with Crippen molar-refractivity contribution >= 4 is 7.82 Å². The molecular weight excluding hydrogens is 832 g/mol. The summed E-state index contributed by atoms with van der Waals surface area (Å²) in [4.78, 5) is 14.9. The molecule has 5 nitrogen and oxygen atoms in total. The van der Waals surface area contributed by atoms with E-state index in [1.165, 1.54) is 308 Å². The van der Waals surface area contributed by atoms with Crippen molar-refractivity contribution in [2.24, 2.45) is 0 Å². The van der Waals surface area contributed by atoms with Crippen molar-refractivity contribution in [3.8, 4) is 0 Å². The van der Waals surface area contributed by atoms with Crippen LogP contribution in [0.25, 0.3) is 0 Å². The molecule has 0 saturated heterocycles. The lowest BCUT2D eigenvalue weighted by atomic mass is 10.1. The molecule has 0 aliphatic rings. The normalized spacial score (nSPS) is 10.3. The summed E-state index contributed by atoms with van der Waals surface area (Å²) < 4.78 is 11.8. The highest BCUT2D eigenvalue weighted by molar-refractivity contribution is 7.46. The summed E-state index contributed by atoms with van der Waals surface area (Å²) in [6.07, 6.45) is 68.8. The van der Waals surface area contributed by atoms with Crippen LogP contribution in [0.5, 0.6) is 0 Å². The molecule has 3 N–H and O–H groups in total. The summed E-state index contributed by atoms with van der Waals surface area (Å²) >= 11 is 0. The minimum Gasteiger partial charge on any atom is -0.301 e. The Bertz CT molecular complexity index is 543. The van der Waals surface area contributed by atoms with Crippen LogP contribution >= 0.6 is 7.82 Å². The Kier molecular flexibility index (Phi) is 107. The molecule has 0 aliphatic heterocycles. The molecule has 0 amide bonds. The third-order valence-electron chi connectivity index (χ3n) is 11.8. The van der Waals surface area contributed by atoms with Crippen LogP contribution < -0.4 is 0 Å². The Morgan fingerprint density at radius 3 is 0.318 bits per heavy atom. The second-order valence-corrected chi connectivity index (χ2v) is 20.4. The molecule has 0 aromatic carbocycles. The number of unbranched alkanes of at least 4 members (excludes halogenated alkanes) is 42. The smallest absolute Gasteiger partial charge is 0.301 e. The fraction of sp³-hybridized carbons (Fsp3) is 1.00. The van der Waals surface area contributed by atoms with Gasteiger partial charge in [-0.1, -0.05) is 391 Å². The molecule has 410 valence electrons. The van der Waals surface area contributed by atoms with Crippen LogP contribution in [0, 0.1) is 0 Å². The first-order chi connectivity index (χ1) is 32.0. The minimum atomic E-state index is -4.59. The van der Waals surface area contributed by atoms with E-state index >= 15 is 0 Å². The van der Waals surface area contributed by atoms with Gasteiger partial charge in [-0.25, -0.2) is 9.82 Å². The Hall–Kier alpha value is 0.0700. The Labute approximate surface area is 421 Å². The van der Waals surface area contributed by atoms with Gasteiger partial charge in [0.05, 0.1) is 0 Å². The lowest BCUT2D eigenvalue weighted by molar-refractivity contribution is -0.158. The Morgan fingerprint density at radius 2 is 0.273 bits per heavy atom. The first-order valence-corrected chi connectivity index (χ1v) is 32.0. The largest absolute Gasteiger partial charge is 0.496 e. The number of rotatable bonds is 43. The summed E-state index contributed by atoms with van der Waals surface area (Å²) in [5, 5.41) is 7.14. The second-order valence-electron chi connectivity index (χ2n) is 19.3. The lowest BCUT2D eigenvalue weighted by Gasteiger charge is -1.97. The number of phosphoric acid groups is 1. The van der Waals surface area contributed by atoms with E-state index in [1.807, 2.05) is 0 Å². The van der Waals surface area contributed by atoms with Gasteiger partial charge in [-0.15, -0.1) is 4.67 Å². The molecule has 0 unspecified atom stereocenters. The van der Waals surface area contributed by atoms with E-state index in [2.05, 4.69) is 87.8 Å². The molecule has 0 bridgehead atoms. The van der Waals surface area contributed by atoms with Gasteiger partial charge < -0.3 is 9.79 Å². The summed E-state index contributed by atoms with van der Waals surface area (Å²) in [5.74, 6) is 0. The topological polar surface area (TPSA) is 87.0 Å². The van der Waals surface area contributed by atoms with E-state index in [0.717, 1.165) is 0 Å². The predicted molar refractivity (Wildman–Crippen MR) is 305 cm³/mol. The van der Waals surface area contributed by atoms with Crippen molar-refractivity contribution in [2.75, 3.05) is 0 Å². The maximum absolute atomic E-state index is 9.22. The average Bonchev–Trinajstić information content (AvgIpc) is 3.32. The van der Waals surface area contributed by atoms with E-state index < -0.39 is 7.82 Å². The monoisotopic (exact) mass is 967 g/mol. The first-order valence-electron chi connectivity index (χ1n) is 30.4. The summed E-state index contributed by atoms with van der Waals surface area (Å²) in [7, 11) is -4.59. The van der Waals surface area contributed by atoms with Crippen molar-refractivity contribution in [2.45, 2.75) is 391 Å². The highest BCUT2D eigenvalue weighted by Gasteiger charge is 2.10. The van der Waals surface area contributed by atoms with Gasteiger partial charge in [0, 0.05) is 0 Å². The van der Waals surface area contributed by atoms with Crippen molar-refractivity contribution in [1.29, 1.82) is 0 Å². The van der Waals surface area contributed by atoms with Crippen molar-refractivity contribution < 1.29 is 24.3 Å². The van der Waals surface area contributed by atoms with Gasteiger partial charge in [0.2, 0.25) is 0 Å². The van der Waals surface area contributed by atoms with Crippen LogP contribution in [-0.2, 0) is 9.24 Å². The molecule has 0 aliphatic carbocycles. The molecule has 0 atom stereocenters. The van der Waals surface area contributed by atoms with E-state index in [-0.39, 0.29) is 0 Å². The van der Waals surface area contributed by atoms with Crippen LogP contribution in [-0.4, -0.2) is 15.0 Å².